The third-order valence-electron chi connectivity index (χ3n) is 5.97. The molecule has 192 valence electrons. The van der Waals surface area contributed by atoms with Crippen LogP contribution in [0.25, 0.3) is 10.8 Å². The van der Waals surface area contributed by atoms with Gasteiger partial charge >= 0.3 is 0 Å². The van der Waals surface area contributed by atoms with Crippen molar-refractivity contribution in [2.45, 2.75) is 40.2 Å². The van der Waals surface area contributed by atoms with Gasteiger partial charge in [0, 0.05) is 37.6 Å². The van der Waals surface area contributed by atoms with Crippen LogP contribution in [-0.2, 0) is 0 Å². The van der Waals surface area contributed by atoms with Crippen molar-refractivity contribution < 1.29 is 9.47 Å². The summed E-state index contributed by atoms with van der Waals surface area (Å²) < 4.78 is 12.2. The third kappa shape index (κ3) is 6.15. The molecule has 2 N–H and O–H groups in total. The number of halogens is 1. The van der Waals surface area contributed by atoms with Crippen LogP contribution >= 0.6 is 11.6 Å². The van der Waals surface area contributed by atoms with Crippen molar-refractivity contribution in [1.29, 1.82) is 0 Å². The Hall–Kier alpha value is -3.75. The van der Waals surface area contributed by atoms with E-state index in [0.29, 0.717) is 33.6 Å². The summed E-state index contributed by atoms with van der Waals surface area (Å²) in [6.07, 6.45) is 7.13. The van der Waals surface area contributed by atoms with E-state index in [-0.39, 0.29) is 11.9 Å². The third-order valence-corrected chi connectivity index (χ3v) is 6.48. The Morgan fingerprint density at radius 1 is 1.14 bits per heavy atom. The summed E-state index contributed by atoms with van der Waals surface area (Å²) in [7, 11) is 0. The predicted molar refractivity (Wildman–Crippen MR) is 149 cm³/mol. The maximum Gasteiger partial charge on any atom is 0.231 e. The van der Waals surface area contributed by atoms with Gasteiger partial charge in [-0.3, -0.25) is 0 Å². The van der Waals surface area contributed by atoms with Gasteiger partial charge in [0.2, 0.25) is 5.88 Å². The zero-order valence-corrected chi connectivity index (χ0v) is 22.3. The van der Waals surface area contributed by atoms with E-state index in [1.54, 1.807) is 19.3 Å². The first-order chi connectivity index (χ1) is 17.8. The molecule has 0 unspecified atom stereocenters. The lowest BCUT2D eigenvalue weighted by Crippen LogP contribution is -2.56. The summed E-state index contributed by atoms with van der Waals surface area (Å²) in [6.45, 7) is 13.3. The molecule has 0 saturated carbocycles. The van der Waals surface area contributed by atoms with Crippen molar-refractivity contribution >= 4 is 34.1 Å². The van der Waals surface area contributed by atoms with Crippen LogP contribution in [0.1, 0.15) is 34.1 Å². The van der Waals surface area contributed by atoms with Crippen LogP contribution in [0, 0.1) is 0 Å². The molecule has 3 heterocycles. The molecule has 0 bridgehead atoms. The second-order valence-electron chi connectivity index (χ2n) is 9.00. The molecule has 1 aliphatic rings. The number of allylic oxidation sites excluding steroid dienone is 4. The van der Waals surface area contributed by atoms with Crippen LogP contribution in [0.15, 0.2) is 88.4 Å². The molecule has 1 fully saturated rings. The highest BCUT2D eigenvalue weighted by Gasteiger charge is 2.26. The smallest absolute Gasteiger partial charge is 0.231 e. The van der Waals surface area contributed by atoms with Crippen molar-refractivity contribution in [1.82, 2.24) is 15.0 Å². The van der Waals surface area contributed by atoms with E-state index >= 15 is 0 Å². The van der Waals surface area contributed by atoms with E-state index in [4.69, 9.17) is 26.8 Å². The van der Waals surface area contributed by atoms with Crippen LogP contribution in [0.5, 0.6) is 11.5 Å². The number of aliphatic imine (C=N–C) groups is 1. The number of aromatic nitrogens is 3. The molecule has 9 heteroatoms. The first-order valence-electron chi connectivity index (χ1n) is 12.1. The van der Waals surface area contributed by atoms with Crippen molar-refractivity contribution in [3.63, 3.8) is 0 Å². The molecule has 8 nitrogen and oxygen atoms in total. The normalized spacial score (nSPS) is 15.6. The van der Waals surface area contributed by atoms with Crippen molar-refractivity contribution in [3.8, 4) is 11.5 Å². The Kier molecular flexibility index (Phi) is 8.21. The molecule has 0 radical (unpaired) electrons. The molecule has 37 heavy (non-hydrogen) atoms. The van der Waals surface area contributed by atoms with Gasteiger partial charge < -0.3 is 20.1 Å². The lowest BCUT2D eigenvalue weighted by Gasteiger charge is -2.38. The number of nitrogens with zero attached hydrogens (tertiary/aromatic N) is 5. The average molecular weight is 519 g/mol. The maximum atomic E-state index is 6.82. The Morgan fingerprint density at radius 2 is 1.86 bits per heavy atom. The number of rotatable bonds is 8. The van der Waals surface area contributed by atoms with Gasteiger partial charge in [0.1, 0.15) is 17.9 Å². The quantitative estimate of drug-likeness (QED) is 0.175. The molecule has 0 aliphatic carbocycles. The topological polar surface area (TPSA) is 98.8 Å². The number of ether oxygens (including phenoxy) is 2. The number of fused-ring (bicyclic) bond motifs is 1. The molecule has 1 aromatic carbocycles. The lowest BCUT2D eigenvalue weighted by molar-refractivity contribution is 0.411. The molecule has 3 aromatic rings. The molecule has 0 spiro atoms. The number of nitrogens with two attached hydrogens (primary N) is 1. The van der Waals surface area contributed by atoms with Gasteiger partial charge in [-0.15, -0.1) is 0 Å². The summed E-state index contributed by atoms with van der Waals surface area (Å²) in [4.78, 5) is 19.4. The van der Waals surface area contributed by atoms with Crippen LogP contribution in [0.4, 0.5) is 5.82 Å². The van der Waals surface area contributed by atoms with E-state index in [0.717, 1.165) is 41.7 Å². The first kappa shape index (κ1) is 26.3. The highest BCUT2D eigenvalue weighted by atomic mass is 35.5. The number of anilines is 1. The van der Waals surface area contributed by atoms with Crippen LogP contribution in [0.2, 0.25) is 0 Å². The van der Waals surface area contributed by atoms with Crippen LogP contribution in [-0.4, -0.2) is 40.0 Å². The molecular formula is C28H31ClN6O2. The van der Waals surface area contributed by atoms with Crippen LogP contribution < -0.4 is 20.1 Å². The minimum absolute atomic E-state index is 0.159. The number of hydrogen-bond acceptors (Lipinski definition) is 8. The van der Waals surface area contributed by atoms with Gasteiger partial charge in [0.25, 0.3) is 0 Å². The lowest BCUT2D eigenvalue weighted by atomic mass is 10.0. The van der Waals surface area contributed by atoms with Gasteiger partial charge in [-0.1, -0.05) is 36.7 Å². The second-order valence-corrected chi connectivity index (χ2v) is 9.38. The monoisotopic (exact) mass is 518 g/mol. The molecule has 2 aromatic heterocycles. The Labute approximate surface area is 222 Å². The zero-order chi connectivity index (χ0) is 26.5. The molecule has 4 rings (SSSR count). The first-order valence-corrected chi connectivity index (χ1v) is 12.5. The van der Waals surface area contributed by atoms with Crippen LogP contribution in [0.3, 0.4) is 0 Å². The standard InChI is InChI=1S/C28H31ClN6O2/c1-6-18(4)26(29)25(17(2)3)28(34-19(5)36-23-12-31-16-32-13-23)37-22-8-7-20-9-10-33-27(24(20)11-22)35-14-21(30)15-35/h7-13,16,21H,2,6,14-15,30H2,1,3-5H3/b26-18-,28-25-,34-19+. The molecule has 1 saturated heterocycles. The molecule has 0 atom stereocenters. The molecule has 0 amide bonds. The van der Waals surface area contributed by atoms with Gasteiger partial charge in [0.05, 0.1) is 23.0 Å². The van der Waals surface area contributed by atoms with Crippen molar-refractivity contribution in [2.24, 2.45) is 10.7 Å². The fourth-order valence-electron chi connectivity index (χ4n) is 3.88. The predicted octanol–water partition coefficient (Wildman–Crippen LogP) is 5.76. The second kappa shape index (κ2) is 11.5. The maximum absolute atomic E-state index is 6.82. The van der Waals surface area contributed by atoms with Crippen molar-refractivity contribution in [2.75, 3.05) is 18.0 Å². The average Bonchev–Trinajstić information content (AvgIpc) is 2.86. The number of benzene rings is 1. The van der Waals surface area contributed by atoms with E-state index in [1.807, 2.05) is 51.2 Å². The number of hydrogen-bond donors (Lipinski definition) is 1. The largest absolute Gasteiger partial charge is 0.440 e. The van der Waals surface area contributed by atoms with Gasteiger partial charge in [0.15, 0.2) is 11.6 Å². The summed E-state index contributed by atoms with van der Waals surface area (Å²) in [6, 6.07) is 7.98. The van der Waals surface area contributed by atoms with E-state index in [2.05, 4.69) is 31.4 Å². The number of pyridine rings is 1. The molecule has 1 aliphatic heterocycles. The zero-order valence-electron chi connectivity index (χ0n) is 21.5. The van der Waals surface area contributed by atoms with E-state index in [9.17, 15) is 0 Å². The minimum Gasteiger partial charge on any atom is -0.440 e. The van der Waals surface area contributed by atoms with E-state index < -0.39 is 0 Å². The summed E-state index contributed by atoms with van der Waals surface area (Å²) in [5.74, 6) is 2.52. The summed E-state index contributed by atoms with van der Waals surface area (Å²) >= 11 is 6.82. The highest BCUT2D eigenvalue weighted by molar-refractivity contribution is 6.32. The SMILES string of the molecule is C=C(C)C(=C(\N=C(/C)Oc1cncnc1)Oc1ccc2ccnc(N3CC(N)C3)c2c1)/C(Cl)=C(\C)CC. The van der Waals surface area contributed by atoms with E-state index in [1.165, 1.54) is 6.33 Å². The van der Waals surface area contributed by atoms with Gasteiger partial charge in [-0.05, 0) is 49.4 Å². The Balaban J connectivity index is 1.79. The van der Waals surface area contributed by atoms with Gasteiger partial charge in [-0.25, -0.2) is 15.0 Å². The summed E-state index contributed by atoms with van der Waals surface area (Å²) in [5, 5.41) is 2.56. The Bertz CT molecular complexity index is 1390. The fourth-order valence-corrected chi connectivity index (χ4v) is 4.26. The summed E-state index contributed by atoms with van der Waals surface area (Å²) in [5.41, 5.74) is 8.32. The molecular weight excluding hydrogens is 488 g/mol. The minimum atomic E-state index is 0.159. The highest BCUT2D eigenvalue weighted by Crippen LogP contribution is 2.34. The van der Waals surface area contributed by atoms with Gasteiger partial charge in [-0.2, -0.15) is 4.99 Å². The Morgan fingerprint density at radius 3 is 2.51 bits per heavy atom. The fraction of sp³-hybridized carbons (Fsp3) is 0.286. The van der Waals surface area contributed by atoms with Crippen molar-refractivity contribution in [3.05, 3.63) is 83.4 Å².